The Hall–Kier alpha value is -1.85. The minimum Gasteiger partial charge on any atom is -0.342 e. The maximum Gasteiger partial charge on any atom is 0.230 e. The van der Waals surface area contributed by atoms with Gasteiger partial charge < -0.3 is 10.2 Å². The summed E-state index contributed by atoms with van der Waals surface area (Å²) in [5.74, 6) is 0.468. The molecule has 1 aliphatic rings. The first-order valence-corrected chi connectivity index (χ1v) is 6.70. The zero-order chi connectivity index (χ0) is 13.8. The third-order valence-electron chi connectivity index (χ3n) is 3.40. The van der Waals surface area contributed by atoms with E-state index in [9.17, 15) is 9.59 Å². The molecule has 0 saturated carbocycles. The highest BCUT2D eigenvalue weighted by molar-refractivity contribution is 5.92. The molecule has 1 unspecified atom stereocenters. The molecule has 1 fully saturated rings. The quantitative estimate of drug-likeness (QED) is 0.864. The number of aromatic nitrogens is 2. The van der Waals surface area contributed by atoms with Gasteiger partial charge in [0.2, 0.25) is 11.8 Å². The number of piperidine rings is 1. The molecule has 1 aromatic rings. The van der Waals surface area contributed by atoms with E-state index in [2.05, 4.69) is 15.5 Å². The summed E-state index contributed by atoms with van der Waals surface area (Å²) in [6, 6.07) is 1.79. The molecule has 1 atom stereocenters. The molecule has 2 N–H and O–H groups in total. The maximum atomic E-state index is 12.1. The van der Waals surface area contributed by atoms with Crippen LogP contribution in [0.1, 0.15) is 31.9 Å². The lowest BCUT2D eigenvalue weighted by molar-refractivity contribution is -0.134. The van der Waals surface area contributed by atoms with Gasteiger partial charge in [0.1, 0.15) is 0 Å². The van der Waals surface area contributed by atoms with Crippen molar-refractivity contribution < 1.29 is 9.59 Å². The predicted octanol–water partition coefficient (Wildman–Crippen LogP) is 1.31. The van der Waals surface area contributed by atoms with Gasteiger partial charge in [0, 0.05) is 31.3 Å². The summed E-state index contributed by atoms with van der Waals surface area (Å²) in [5.41, 5.74) is 0.904. The van der Waals surface area contributed by atoms with Crippen molar-refractivity contribution in [2.75, 3.05) is 18.4 Å². The Labute approximate surface area is 112 Å². The minimum absolute atomic E-state index is 0.0555. The number of anilines is 1. The van der Waals surface area contributed by atoms with Crippen molar-refractivity contribution >= 4 is 17.6 Å². The number of carbonyl (C=O) groups is 2. The Morgan fingerprint density at radius 3 is 3.00 bits per heavy atom. The molecule has 19 heavy (non-hydrogen) atoms. The van der Waals surface area contributed by atoms with Gasteiger partial charge in [0.25, 0.3) is 0 Å². The standard InChI is InChI=1S/C13H20N4O2/c1-3-12(18)17-6-4-5-10(8-17)13(19)14-11-7-9(2)15-16-11/h7,10H,3-6,8H2,1-2H3,(H2,14,15,16,19). The number of aromatic amines is 1. The normalized spacial score (nSPS) is 19.3. The highest BCUT2D eigenvalue weighted by Crippen LogP contribution is 2.19. The second kappa shape index (κ2) is 5.86. The highest BCUT2D eigenvalue weighted by atomic mass is 16.2. The van der Waals surface area contributed by atoms with Crippen LogP contribution < -0.4 is 5.32 Å². The van der Waals surface area contributed by atoms with E-state index < -0.39 is 0 Å². The number of carbonyl (C=O) groups excluding carboxylic acids is 2. The number of H-pyrrole nitrogens is 1. The molecule has 1 saturated heterocycles. The van der Waals surface area contributed by atoms with E-state index in [0.717, 1.165) is 25.1 Å². The largest absolute Gasteiger partial charge is 0.342 e. The number of nitrogens with one attached hydrogen (secondary N) is 2. The lowest BCUT2D eigenvalue weighted by Gasteiger charge is -2.31. The van der Waals surface area contributed by atoms with Crippen molar-refractivity contribution in [1.82, 2.24) is 15.1 Å². The monoisotopic (exact) mass is 264 g/mol. The van der Waals surface area contributed by atoms with Gasteiger partial charge in [0.05, 0.1) is 5.92 Å². The summed E-state index contributed by atoms with van der Waals surface area (Å²) < 4.78 is 0. The van der Waals surface area contributed by atoms with Crippen molar-refractivity contribution in [1.29, 1.82) is 0 Å². The molecule has 6 nitrogen and oxygen atoms in total. The second-order valence-electron chi connectivity index (χ2n) is 4.96. The van der Waals surface area contributed by atoms with Crippen LogP contribution in [0.3, 0.4) is 0 Å². The van der Waals surface area contributed by atoms with Crippen molar-refractivity contribution in [2.45, 2.75) is 33.1 Å². The first-order valence-electron chi connectivity index (χ1n) is 6.70. The van der Waals surface area contributed by atoms with Crippen molar-refractivity contribution in [3.8, 4) is 0 Å². The van der Waals surface area contributed by atoms with Gasteiger partial charge in [-0.05, 0) is 19.8 Å². The van der Waals surface area contributed by atoms with Crippen molar-refractivity contribution in [3.63, 3.8) is 0 Å². The number of hydrogen-bond acceptors (Lipinski definition) is 3. The van der Waals surface area contributed by atoms with Crippen molar-refractivity contribution in [2.24, 2.45) is 5.92 Å². The van der Waals surface area contributed by atoms with Crippen LogP contribution in [0.5, 0.6) is 0 Å². The number of rotatable bonds is 3. The van der Waals surface area contributed by atoms with Gasteiger partial charge in [-0.3, -0.25) is 14.7 Å². The van der Waals surface area contributed by atoms with E-state index in [4.69, 9.17) is 0 Å². The molecule has 1 aliphatic heterocycles. The van der Waals surface area contributed by atoms with Crippen LogP contribution in [-0.2, 0) is 9.59 Å². The molecule has 2 rings (SSSR count). The van der Waals surface area contributed by atoms with E-state index in [0.29, 0.717) is 18.8 Å². The summed E-state index contributed by atoms with van der Waals surface area (Å²) in [6.45, 7) is 5.00. The summed E-state index contributed by atoms with van der Waals surface area (Å²) >= 11 is 0. The molecule has 0 aromatic carbocycles. The number of hydrogen-bond donors (Lipinski definition) is 2. The lowest BCUT2D eigenvalue weighted by atomic mass is 9.97. The SMILES string of the molecule is CCC(=O)N1CCCC(C(=O)Nc2cc(C)[nH]n2)C1. The zero-order valence-corrected chi connectivity index (χ0v) is 11.4. The van der Waals surface area contributed by atoms with E-state index in [1.165, 1.54) is 0 Å². The highest BCUT2D eigenvalue weighted by Gasteiger charge is 2.28. The second-order valence-corrected chi connectivity index (χ2v) is 4.96. The van der Waals surface area contributed by atoms with E-state index in [-0.39, 0.29) is 17.7 Å². The van der Waals surface area contributed by atoms with Crippen LogP contribution in [0.25, 0.3) is 0 Å². The summed E-state index contributed by atoms with van der Waals surface area (Å²) in [7, 11) is 0. The lowest BCUT2D eigenvalue weighted by Crippen LogP contribution is -2.43. The molecule has 1 aromatic heterocycles. The molecule has 0 aliphatic carbocycles. The van der Waals surface area contributed by atoms with Crippen LogP contribution in [0.15, 0.2) is 6.07 Å². The number of aryl methyl sites for hydroxylation is 1. The van der Waals surface area contributed by atoms with Gasteiger partial charge in [-0.25, -0.2) is 0 Å². The Balaban J connectivity index is 1.93. The number of nitrogens with zero attached hydrogens (tertiary/aromatic N) is 2. The molecular weight excluding hydrogens is 244 g/mol. The van der Waals surface area contributed by atoms with E-state index in [1.807, 2.05) is 13.8 Å². The third-order valence-corrected chi connectivity index (χ3v) is 3.40. The van der Waals surface area contributed by atoms with E-state index >= 15 is 0 Å². The zero-order valence-electron chi connectivity index (χ0n) is 11.4. The van der Waals surface area contributed by atoms with Gasteiger partial charge in [-0.15, -0.1) is 0 Å². The van der Waals surface area contributed by atoms with Crippen LogP contribution in [0.4, 0.5) is 5.82 Å². The summed E-state index contributed by atoms with van der Waals surface area (Å²) in [5, 5.41) is 9.56. The summed E-state index contributed by atoms with van der Waals surface area (Å²) in [4.78, 5) is 25.6. The van der Waals surface area contributed by atoms with Gasteiger partial charge >= 0.3 is 0 Å². The Kier molecular flexibility index (Phi) is 4.19. The molecule has 0 radical (unpaired) electrons. The smallest absolute Gasteiger partial charge is 0.230 e. The van der Waals surface area contributed by atoms with Crippen LogP contribution in [0, 0.1) is 12.8 Å². The van der Waals surface area contributed by atoms with Crippen LogP contribution in [0.2, 0.25) is 0 Å². The fourth-order valence-corrected chi connectivity index (χ4v) is 2.35. The fourth-order valence-electron chi connectivity index (χ4n) is 2.35. The number of likely N-dealkylation sites (tertiary alicyclic amines) is 1. The molecule has 104 valence electrons. The Morgan fingerprint density at radius 2 is 2.37 bits per heavy atom. The molecule has 2 heterocycles. The first-order chi connectivity index (χ1) is 9.10. The topological polar surface area (TPSA) is 78.1 Å². The van der Waals surface area contributed by atoms with Crippen LogP contribution in [-0.4, -0.2) is 40.0 Å². The average molecular weight is 264 g/mol. The summed E-state index contributed by atoms with van der Waals surface area (Å²) in [6.07, 6.45) is 2.19. The molecule has 0 spiro atoms. The van der Waals surface area contributed by atoms with Gasteiger partial charge in [0.15, 0.2) is 5.82 Å². The van der Waals surface area contributed by atoms with E-state index in [1.54, 1.807) is 11.0 Å². The van der Waals surface area contributed by atoms with Crippen LogP contribution >= 0.6 is 0 Å². The first kappa shape index (κ1) is 13.6. The Bertz CT molecular complexity index is 469. The molecule has 0 bridgehead atoms. The van der Waals surface area contributed by atoms with Gasteiger partial charge in [-0.2, -0.15) is 5.10 Å². The van der Waals surface area contributed by atoms with Crippen molar-refractivity contribution in [3.05, 3.63) is 11.8 Å². The maximum absolute atomic E-state index is 12.1. The minimum atomic E-state index is -0.138. The number of amides is 2. The molecule has 6 heteroatoms. The third kappa shape index (κ3) is 3.33. The fraction of sp³-hybridized carbons (Fsp3) is 0.615. The molecule has 2 amide bonds. The predicted molar refractivity (Wildman–Crippen MR) is 71.5 cm³/mol. The average Bonchev–Trinajstić information content (AvgIpc) is 2.83. The molecular formula is C13H20N4O2. The Morgan fingerprint density at radius 1 is 1.58 bits per heavy atom. The van der Waals surface area contributed by atoms with Gasteiger partial charge in [-0.1, -0.05) is 6.92 Å².